The lowest BCUT2D eigenvalue weighted by Gasteiger charge is -2.27. The van der Waals surface area contributed by atoms with E-state index in [4.69, 9.17) is 21.1 Å². The normalized spacial score (nSPS) is 20.0. The summed E-state index contributed by atoms with van der Waals surface area (Å²) < 4.78 is 39.2. The molecule has 2 aliphatic rings. The van der Waals surface area contributed by atoms with Crippen molar-refractivity contribution in [1.29, 1.82) is 0 Å². The monoisotopic (exact) mass is 464 g/mol. The van der Waals surface area contributed by atoms with E-state index < -0.39 is 10.0 Å². The van der Waals surface area contributed by atoms with Crippen molar-refractivity contribution in [2.75, 3.05) is 46.0 Å². The van der Waals surface area contributed by atoms with Gasteiger partial charge in [0, 0.05) is 31.2 Å². The number of ether oxygens (including phenoxy) is 2. The predicted octanol–water partition coefficient (Wildman–Crippen LogP) is 2.76. The molecule has 166 valence electrons. The molecule has 0 aromatic heterocycles. The standard InChI is InChI=1S/C22H25ClN2O5S/c23-19-6-7-20(30-16-22(26)24-10-12-29-13-11-24)21(14-19)31(27,28)25-9-8-18(15-25)17-4-2-1-3-5-17/h1-7,14,18H,8-13,15-16H2/t18-/m0/s1. The van der Waals surface area contributed by atoms with E-state index in [1.165, 1.54) is 16.4 Å². The summed E-state index contributed by atoms with van der Waals surface area (Å²) in [7, 11) is -3.83. The van der Waals surface area contributed by atoms with Crippen molar-refractivity contribution in [3.63, 3.8) is 0 Å². The van der Waals surface area contributed by atoms with Gasteiger partial charge < -0.3 is 14.4 Å². The Morgan fingerprint density at radius 2 is 1.84 bits per heavy atom. The number of amides is 1. The van der Waals surface area contributed by atoms with E-state index in [1.54, 1.807) is 11.0 Å². The van der Waals surface area contributed by atoms with Crippen LogP contribution >= 0.6 is 11.6 Å². The zero-order chi connectivity index (χ0) is 21.8. The summed E-state index contributed by atoms with van der Waals surface area (Å²) in [5.41, 5.74) is 1.12. The number of hydrogen-bond acceptors (Lipinski definition) is 5. The van der Waals surface area contributed by atoms with Crippen molar-refractivity contribution >= 4 is 27.5 Å². The van der Waals surface area contributed by atoms with Crippen LogP contribution in [-0.2, 0) is 19.6 Å². The molecule has 0 unspecified atom stereocenters. The Bertz CT molecular complexity index is 1030. The fourth-order valence-electron chi connectivity index (χ4n) is 3.93. The molecule has 0 bridgehead atoms. The lowest BCUT2D eigenvalue weighted by atomic mass is 9.99. The van der Waals surface area contributed by atoms with Crippen molar-refractivity contribution in [2.24, 2.45) is 0 Å². The van der Waals surface area contributed by atoms with Crippen LogP contribution in [0.15, 0.2) is 53.4 Å². The number of nitrogens with zero attached hydrogens (tertiary/aromatic N) is 2. The number of rotatable bonds is 6. The van der Waals surface area contributed by atoms with Crippen LogP contribution in [0.4, 0.5) is 0 Å². The molecule has 2 heterocycles. The molecule has 2 aromatic rings. The highest BCUT2D eigenvalue weighted by molar-refractivity contribution is 7.89. The first-order valence-electron chi connectivity index (χ1n) is 10.3. The fourth-order valence-corrected chi connectivity index (χ4v) is 5.82. The van der Waals surface area contributed by atoms with E-state index in [2.05, 4.69) is 0 Å². The first kappa shape index (κ1) is 22.1. The average Bonchev–Trinajstić information content (AvgIpc) is 3.30. The summed E-state index contributed by atoms with van der Waals surface area (Å²) >= 11 is 6.11. The second kappa shape index (κ2) is 9.56. The minimum atomic E-state index is -3.83. The second-order valence-electron chi connectivity index (χ2n) is 7.63. The van der Waals surface area contributed by atoms with Gasteiger partial charge in [0.25, 0.3) is 5.91 Å². The summed E-state index contributed by atoms with van der Waals surface area (Å²) in [4.78, 5) is 14.1. The van der Waals surface area contributed by atoms with Gasteiger partial charge in [-0.05, 0) is 36.1 Å². The molecule has 1 amide bonds. The van der Waals surface area contributed by atoms with E-state index in [1.807, 2.05) is 30.3 Å². The highest BCUT2D eigenvalue weighted by Crippen LogP contribution is 2.35. The Labute approximate surface area is 187 Å². The van der Waals surface area contributed by atoms with Crippen LogP contribution in [0.2, 0.25) is 5.02 Å². The van der Waals surface area contributed by atoms with E-state index in [9.17, 15) is 13.2 Å². The third kappa shape index (κ3) is 5.03. The Balaban J connectivity index is 1.50. The van der Waals surface area contributed by atoms with Crippen molar-refractivity contribution in [1.82, 2.24) is 9.21 Å². The van der Waals surface area contributed by atoms with E-state index in [0.29, 0.717) is 44.4 Å². The quantitative estimate of drug-likeness (QED) is 0.657. The smallest absolute Gasteiger partial charge is 0.260 e. The van der Waals surface area contributed by atoms with Crippen LogP contribution < -0.4 is 4.74 Å². The van der Waals surface area contributed by atoms with Gasteiger partial charge in [-0.1, -0.05) is 41.9 Å². The van der Waals surface area contributed by atoms with Gasteiger partial charge in [-0.25, -0.2) is 8.42 Å². The molecule has 0 aliphatic carbocycles. The maximum Gasteiger partial charge on any atom is 0.260 e. The zero-order valence-electron chi connectivity index (χ0n) is 17.1. The van der Waals surface area contributed by atoms with Crippen molar-refractivity contribution < 1.29 is 22.7 Å². The second-order valence-corrected chi connectivity index (χ2v) is 9.98. The molecule has 0 radical (unpaired) electrons. The number of carbonyl (C=O) groups excluding carboxylic acids is 1. The number of benzene rings is 2. The molecule has 2 aromatic carbocycles. The molecule has 9 heteroatoms. The van der Waals surface area contributed by atoms with Crippen molar-refractivity contribution in [3.8, 4) is 5.75 Å². The van der Waals surface area contributed by atoms with Crippen LogP contribution in [0.3, 0.4) is 0 Å². The van der Waals surface area contributed by atoms with Crippen LogP contribution in [-0.4, -0.2) is 69.5 Å². The van der Waals surface area contributed by atoms with Gasteiger partial charge in [-0.15, -0.1) is 0 Å². The molecular weight excluding hydrogens is 440 g/mol. The number of morpholine rings is 1. The highest BCUT2D eigenvalue weighted by Gasteiger charge is 2.35. The van der Waals surface area contributed by atoms with Gasteiger partial charge in [0.05, 0.1) is 13.2 Å². The molecule has 2 fully saturated rings. The molecule has 31 heavy (non-hydrogen) atoms. The molecule has 2 aliphatic heterocycles. The first-order chi connectivity index (χ1) is 14.9. The summed E-state index contributed by atoms with van der Waals surface area (Å²) in [5, 5.41) is 0.296. The van der Waals surface area contributed by atoms with Crippen molar-refractivity contribution in [3.05, 3.63) is 59.1 Å². The Morgan fingerprint density at radius 3 is 2.58 bits per heavy atom. The minimum Gasteiger partial charge on any atom is -0.482 e. The molecule has 1 atom stereocenters. The fraction of sp³-hybridized carbons (Fsp3) is 0.409. The van der Waals surface area contributed by atoms with Gasteiger partial charge >= 0.3 is 0 Å². The van der Waals surface area contributed by atoms with Crippen molar-refractivity contribution in [2.45, 2.75) is 17.2 Å². The number of hydrogen-bond donors (Lipinski definition) is 0. The summed E-state index contributed by atoms with van der Waals surface area (Å²) in [6.07, 6.45) is 0.746. The van der Waals surface area contributed by atoms with Crippen LogP contribution in [0, 0.1) is 0 Å². The number of sulfonamides is 1. The topological polar surface area (TPSA) is 76.2 Å². The Hall–Kier alpha value is -2.13. The van der Waals surface area contributed by atoms with Crippen LogP contribution in [0.5, 0.6) is 5.75 Å². The summed E-state index contributed by atoms with van der Waals surface area (Å²) in [6, 6.07) is 14.4. The molecule has 0 N–H and O–H groups in total. The van der Waals surface area contributed by atoms with Gasteiger partial charge in [0.15, 0.2) is 6.61 Å². The molecule has 4 rings (SSSR count). The first-order valence-corrected chi connectivity index (χ1v) is 12.1. The van der Waals surface area contributed by atoms with Gasteiger partial charge in [0.1, 0.15) is 10.6 Å². The van der Waals surface area contributed by atoms with Crippen LogP contribution in [0.1, 0.15) is 17.9 Å². The predicted molar refractivity (Wildman–Crippen MR) is 117 cm³/mol. The average molecular weight is 465 g/mol. The lowest BCUT2D eigenvalue weighted by Crippen LogP contribution is -2.43. The van der Waals surface area contributed by atoms with Crippen LogP contribution in [0.25, 0.3) is 0 Å². The molecular formula is C22H25ClN2O5S. The minimum absolute atomic E-state index is 0.0107. The largest absolute Gasteiger partial charge is 0.482 e. The Kier molecular flexibility index (Phi) is 6.81. The third-order valence-electron chi connectivity index (χ3n) is 5.66. The summed E-state index contributed by atoms with van der Waals surface area (Å²) in [6.45, 7) is 2.56. The zero-order valence-corrected chi connectivity index (χ0v) is 18.6. The van der Waals surface area contributed by atoms with E-state index in [-0.39, 0.29) is 29.1 Å². The van der Waals surface area contributed by atoms with Gasteiger partial charge in [-0.3, -0.25) is 4.79 Å². The number of carbonyl (C=O) groups is 1. The molecule has 0 spiro atoms. The third-order valence-corrected chi connectivity index (χ3v) is 7.78. The van der Waals surface area contributed by atoms with Gasteiger partial charge in [0.2, 0.25) is 10.0 Å². The SMILES string of the molecule is O=C(COc1ccc(Cl)cc1S(=O)(=O)N1CC[C@H](c2ccccc2)C1)N1CCOCC1. The van der Waals surface area contributed by atoms with E-state index in [0.717, 1.165) is 12.0 Å². The molecule has 7 nitrogen and oxygen atoms in total. The summed E-state index contributed by atoms with van der Waals surface area (Å²) in [5.74, 6) is 0.0727. The maximum atomic E-state index is 13.4. The molecule has 2 saturated heterocycles. The maximum absolute atomic E-state index is 13.4. The van der Waals surface area contributed by atoms with E-state index >= 15 is 0 Å². The molecule has 0 saturated carbocycles. The Morgan fingerprint density at radius 1 is 1.10 bits per heavy atom. The number of halogens is 1. The highest BCUT2D eigenvalue weighted by atomic mass is 35.5. The van der Waals surface area contributed by atoms with Gasteiger partial charge in [-0.2, -0.15) is 4.31 Å². The lowest BCUT2D eigenvalue weighted by molar-refractivity contribution is -0.137.